The van der Waals surface area contributed by atoms with Gasteiger partial charge in [-0.2, -0.15) is 5.10 Å². The molecule has 0 spiro atoms. The van der Waals surface area contributed by atoms with Crippen molar-refractivity contribution in [3.63, 3.8) is 0 Å². The topological polar surface area (TPSA) is 117 Å². The van der Waals surface area contributed by atoms with Crippen molar-refractivity contribution in [3.05, 3.63) is 36.2 Å². The minimum atomic E-state index is -0.140. The first kappa shape index (κ1) is 16.8. The van der Waals surface area contributed by atoms with E-state index in [0.29, 0.717) is 58.7 Å². The summed E-state index contributed by atoms with van der Waals surface area (Å²) >= 11 is 0. The number of hydrogen-bond acceptors (Lipinski definition) is 7. The van der Waals surface area contributed by atoms with Crippen LogP contribution in [0.4, 0.5) is 5.69 Å². The molecule has 0 bridgehead atoms. The molecule has 0 saturated heterocycles. The molecule has 1 amide bonds. The summed E-state index contributed by atoms with van der Waals surface area (Å²) in [5, 5.41) is 7.28. The Morgan fingerprint density at radius 3 is 2.67 bits per heavy atom. The van der Waals surface area contributed by atoms with Gasteiger partial charge >= 0.3 is 0 Å². The number of nitrogens with one attached hydrogen (secondary N) is 1. The van der Waals surface area contributed by atoms with Crippen molar-refractivity contribution in [2.24, 2.45) is 0 Å². The van der Waals surface area contributed by atoms with Crippen molar-refractivity contribution < 1.29 is 14.3 Å². The Balaban J connectivity index is 1.77. The number of benzene rings is 1. The Kier molecular flexibility index (Phi) is 4.11. The molecule has 9 heteroatoms. The van der Waals surface area contributed by atoms with Gasteiger partial charge < -0.3 is 20.5 Å². The first-order valence-corrected chi connectivity index (χ1v) is 8.32. The monoisotopic (exact) mass is 366 g/mol. The molecule has 4 rings (SSSR count). The van der Waals surface area contributed by atoms with Crippen molar-refractivity contribution in [3.8, 4) is 34.3 Å². The predicted molar refractivity (Wildman–Crippen MR) is 98.5 cm³/mol. The van der Waals surface area contributed by atoms with E-state index >= 15 is 0 Å². The molecule has 0 aliphatic carbocycles. The van der Waals surface area contributed by atoms with Crippen LogP contribution in [0.1, 0.15) is 10.5 Å². The fraction of sp³-hybridized carbons (Fsp3) is 0.222. The lowest BCUT2D eigenvalue weighted by atomic mass is 10.1. The molecule has 27 heavy (non-hydrogen) atoms. The van der Waals surface area contributed by atoms with E-state index in [1.54, 1.807) is 49.4 Å². The van der Waals surface area contributed by atoms with Crippen molar-refractivity contribution >= 4 is 11.6 Å². The quantitative estimate of drug-likeness (QED) is 0.669. The van der Waals surface area contributed by atoms with Gasteiger partial charge in [-0.15, -0.1) is 0 Å². The molecule has 1 aliphatic rings. The van der Waals surface area contributed by atoms with Crippen LogP contribution in [-0.4, -0.2) is 46.4 Å². The predicted octanol–water partition coefficient (Wildman–Crippen LogP) is 1.35. The lowest BCUT2D eigenvalue weighted by molar-refractivity contribution is 0.0924. The van der Waals surface area contributed by atoms with E-state index in [0.717, 1.165) is 0 Å². The van der Waals surface area contributed by atoms with Crippen LogP contribution < -0.4 is 20.5 Å². The van der Waals surface area contributed by atoms with E-state index in [2.05, 4.69) is 20.4 Å². The molecule has 0 radical (unpaired) electrons. The number of carbonyl (C=O) groups is 1. The van der Waals surface area contributed by atoms with Gasteiger partial charge in [-0.25, -0.2) is 9.97 Å². The molecule has 0 saturated carbocycles. The number of carbonyl (C=O) groups excluding carboxylic acids is 1. The molecule has 3 aromatic rings. The number of nitrogen functional groups attached to an aromatic ring is 1. The first-order valence-electron chi connectivity index (χ1n) is 8.32. The number of anilines is 1. The van der Waals surface area contributed by atoms with Crippen LogP contribution in [0.2, 0.25) is 0 Å². The molecule has 0 unspecified atom stereocenters. The summed E-state index contributed by atoms with van der Waals surface area (Å²) in [7, 11) is 3.10. The van der Waals surface area contributed by atoms with E-state index in [9.17, 15) is 4.79 Å². The molecular formula is C18H18N6O3. The van der Waals surface area contributed by atoms with Crippen LogP contribution in [0.5, 0.6) is 11.5 Å². The number of ether oxygens (including phenoxy) is 2. The summed E-state index contributed by atoms with van der Waals surface area (Å²) in [6.45, 7) is 1.19. The largest absolute Gasteiger partial charge is 0.493 e. The number of nitrogens with zero attached hydrogens (tertiary/aromatic N) is 4. The normalized spacial score (nSPS) is 13.0. The average Bonchev–Trinajstić information content (AvgIpc) is 3.13. The molecular weight excluding hydrogens is 348 g/mol. The Hall–Kier alpha value is -3.62. The fourth-order valence-electron chi connectivity index (χ4n) is 2.98. The van der Waals surface area contributed by atoms with Gasteiger partial charge in [0.2, 0.25) is 0 Å². The lowest BCUT2D eigenvalue weighted by Crippen LogP contribution is -2.35. The lowest BCUT2D eigenvalue weighted by Gasteiger charge is -2.13. The Morgan fingerprint density at radius 2 is 1.93 bits per heavy atom. The average molecular weight is 366 g/mol. The fourth-order valence-corrected chi connectivity index (χ4v) is 2.98. The number of hydrogen-bond donors (Lipinski definition) is 2. The highest BCUT2D eigenvalue weighted by Gasteiger charge is 2.21. The highest BCUT2D eigenvalue weighted by atomic mass is 16.5. The Labute approximate surface area is 155 Å². The molecule has 3 N–H and O–H groups in total. The zero-order valence-electron chi connectivity index (χ0n) is 14.9. The third-order valence-corrected chi connectivity index (χ3v) is 4.34. The summed E-state index contributed by atoms with van der Waals surface area (Å²) in [6, 6.07) is 6.87. The zero-order valence-corrected chi connectivity index (χ0v) is 14.9. The number of amides is 1. The number of methoxy groups -OCH3 is 2. The van der Waals surface area contributed by atoms with Gasteiger partial charge in [0.15, 0.2) is 17.3 Å². The SMILES string of the molecule is COc1cc(N)c(-c2nccc(-c3cc4n(n3)CCNC4=O)n2)cc1OC. The molecule has 138 valence electrons. The van der Waals surface area contributed by atoms with E-state index in [1.165, 1.54) is 0 Å². The second-order valence-corrected chi connectivity index (χ2v) is 5.95. The maximum absolute atomic E-state index is 11.9. The maximum Gasteiger partial charge on any atom is 0.269 e. The molecule has 0 fully saturated rings. The Morgan fingerprint density at radius 1 is 1.15 bits per heavy atom. The van der Waals surface area contributed by atoms with Gasteiger partial charge in [0.1, 0.15) is 11.4 Å². The van der Waals surface area contributed by atoms with Crippen LogP contribution in [0, 0.1) is 0 Å². The van der Waals surface area contributed by atoms with Gasteiger partial charge in [0, 0.05) is 30.1 Å². The standard InChI is InChI=1S/C18H18N6O3/c1-26-15-7-10(11(19)8-16(15)27-2)17-20-4-3-12(22-17)13-9-14-18(25)21-5-6-24(14)23-13/h3-4,7-9H,5-6,19H2,1-2H3,(H,21,25). The molecule has 3 heterocycles. The van der Waals surface area contributed by atoms with Gasteiger partial charge in [0.05, 0.1) is 26.5 Å². The van der Waals surface area contributed by atoms with E-state index in [1.807, 2.05) is 0 Å². The van der Waals surface area contributed by atoms with Crippen molar-refractivity contribution in [2.45, 2.75) is 6.54 Å². The second kappa shape index (κ2) is 6.60. The third kappa shape index (κ3) is 2.92. The van der Waals surface area contributed by atoms with Crippen LogP contribution >= 0.6 is 0 Å². The minimum absolute atomic E-state index is 0.140. The van der Waals surface area contributed by atoms with Crippen molar-refractivity contribution in [2.75, 3.05) is 26.5 Å². The van der Waals surface area contributed by atoms with Gasteiger partial charge in [0.25, 0.3) is 5.91 Å². The van der Waals surface area contributed by atoms with E-state index < -0.39 is 0 Å². The zero-order chi connectivity index (χ0) is 19.0. The highest BCUT2D eigenvalue weighted by molar-refractivity contribution is 5.94. The van der Waals surface area contributed by atoms with Crippen molar-refractivity contribution in [1.82, 2.24) is 25.1 Å². The number of nitrogens with two attached hydrogens (primary N) is 1. The molecule has 9 nitrogen and oxygen atoms in total. The summed E-state index contributed by atoms with van der Waals surface area (Å²) in [4.78, 5) is 20.8. The van der Waals surface area contributed by atoms with Gasteiger partial charge in [-0.1, -0.05) is 0 Å². The smallest absolute Gasteiger partial charge is 0.269 e. The summed E-state index contributed by atoms with van der Waals surface area (Å²) in [6.07, 6.45) is 1.63. The molecule has 0 atom stereocenters. The maximum atomic E-state index is 11.9. The molecule has 1 aromatic carbocycles. The van der Waals surface area contributed by atoms with E-state index in [4.69, 9.17) is 15.2 Å². The Bertz CT molecular complexity index is 1030. The van der Waals surface area contributed by atoms with Crippen LogP contribution in [0.25, 0.3) is 22.8 Å². The molecule has 1 aliphatic heterocycles. The van der Waals surface area contributed by atoms with Crippen LogP contribution in [0.15, 0.2) is 30.5 Å². The van der Waals surface area contributed by atoms with Gasteiger partial charge in [-0.05, 0) is 18.2 Å². The number of fused-ring (bicyclic) bond motifs is 1. The molecule has 2 aromatic heterocycles. The summed E-state index contributed by atoms with van der Waals surface area (Å²) < 4.78 is 12.3. The number of aromatic nitrogens is 4. The second-order valence-electron chi connectivity index (χ2n) is 5.95. The van der Waals surface area contributed by atoms with Crippen LogP contribution in [0.3, 0.4) is 0 Å². The summed E-state index contributed by atoms with van der Waals surface area (Å²) in [5.74, 6) is 1.35. The van der Waals surface area contributed by atoms with Crippen LogP contribution in [-0.2, 0) is 6.54 Å². The highest BCUT2D eigenvalue weighted by Crippen LogP contribution is 2.36. The minimum Gasteiger partial charge on any atom is -0.493 e. The summed E-state index contributed by atoms with van der Waals surface area (Å²) in [5.41, 5.74) is 8.96. The van der Waals surface area contributed by atoms with E-state index in [-0.39, 0.29) is 5.91 Å². The number of rotatable bonds is 4. The first-order chi connectivity index (χ1) is 13.1. The van der Waals surface area contributed by atoms with Gasteiger partial charge in [-0.3, -0.25) is 9.48 Å². The van der Waals surface area contributed by atoms with Crippen molar-refractivity contribution in [1.29, 1.82) is 0 Å². The third-order valence-electron chi connectivity index (χ3n) is 4.34.